The zero-order valence-electron chi connectivity index (χ0n) is 15.3. The van der Waals surface area contributed by atoms with Gasteiger partial charge in [0.25, 0.3) is 5.69 Å². The van der Waals surface area contributed by atoms with Crippen molar-refractivity contribution in [2.24, 2.45) is 0 Å². The van der Waals surface area contributed by atoms with Gasteiger partial charge in [-0.3, -0.25) is 10.1 Å². The lowest BCUT2D eigenvalue weighted by Gasteiger charge is -2.33. The molecule has 1 aliphatic rings. The first-order chi connectivity index (χ1) is 13.1. The van der Waals surface area contributed by atoms with E-state index in [4.69, 9.17) is 11.6 Å². The Hall–Kier alpha value is -2.36. The van der Waals surface area contributed by atoms with Crippen LogP contribution in [0, 0.1) is 10.1 Å². The van der Waals surface area contributed by atoms with E-state index in [-0.39, 0.29) is 17.6 Å². The van der Waals surface area contributed by atoms with Crippen molar-refractivity contribution in [3.8, 4) is 0 Å². The first-order valence-electron chi connectivity index (χ1n) is 8.79. The highest BCUT2D eigenvalue weighted by atomic mass is 35.5. The first kappa shape index (κ1) is 20.4. The molecule has 28 heavy (non-hydrogen) atoms. The number of hydrogen-bond acceptors (Lipinski definition) is 5. The summed E-state index contributed by atoms with van der Waals surface area (Å²) in [5.74, 6) is 0.986. The molecule has 0 aliphatic carbocycles. The second-order valence-electron chi connectivity index (χ2n) is 7.03. The third-order valence-corrected chi connectivity index (χ3v) is 5.24. The molecule has 0 radical (unpaired) electrons. The van der Waals surface area contributed by atoms with Gasteiger partial charge < -0.3 is 9.47 Å². The number of rotatable bonds is 4. The number of anilines is 1. The molecule has 0 amide bonds. The predicted molar refractivity (Wildman–Crippen MR) is 97.7 cm³/mol. The standard InChI is InChI=1S/C17H19ClF3N5O2/c1-10(2)25-9-22-23-16(25)11-3-5-24(6-4-11)14-8-13(18)12(17(19,20)21)7-15(14)26(27)28/h7-11H,3-6H2,1-2H3. The smallest absolute Gasteiger partial charge is 0.366 e. The normalized spacial score (nSPS) is 16.0. The monoisotopic (exact) mass is 417 g/mol. The summed E-state index contributed by atoms with van der Waals surface area (Å²) in [7, 11) is 0. The number of piperidine rings is 1. The van der Waals surface area contributed by atoms with E-state index in [2.05, 4.69) is 10.2 Å². The maximum atomic E-state index is 13.0. The highest BCUT2D eigenvalue weighted by Crippen LogP contribution is 2.42. The minimum atomic E-state index is -4.76. The molecule has 0 N–H and O–H groups in total. The molecule has 1 saturated heterocycles. The van der Waals surface area contributed by atoms with Crippen LogP contribution in [0.15, 0.2) is 18.5 Å². The summed E-state index contributed by atoms with van der Waals surface area (Å²) in [6, 6.07) is 1.76. The fourth-order valence-corrected chi connectivity index (χ4v) is 3.75. The van der Waals surface area contributed by atoms with Crippen molar-refractivity contribution in [3.63, 3.8) is 0 Å². The van der Waals surface area contributed by atoms with Gasteiger partial charge in [0.15, 0.2) is 0 Å². The average Bonchev–Trinajstić information content (AvgIpc) is 3.10. The lowest BCUT2D eigenvalue weighted by Crippen LogP contribution is -2.34. The van der Waals surface area contributed by atoms with Gasteiger partial charge >= 0.3 is 6.18 Å². The van der Waals surface area contributed by atoms with E-state index in [1.807, 2.05) is 18.4 Å². The van der Waals surface area contributed by atoms with Gasteiger partial charge in [-0.05, 0) is 32.8 Å². The highest BCUT2D eigenvalue weighted by Gasteiger charge is 2.37. The van der Waals surface area contributed by atoms with Crippen LogP contribution in [0.5, 0.6) is 0 Å². The summed E-state index contributed by atoms with van der Waals surface area (Å²) in [6.07, 6.45) is -1.77. The van der Waals surface area contributed by atoms with E-state index in [0.29, 0.717) is 32.0 Å². The minimum absolute atomic E-state index is 0.103. The van der Waals surface area contributed by atoms with Crippen molar-refractivity contribution >= 4 is 23.0 Å². The van der Waals surface area contributed by atoms with Crippen LogP contribution >= 0.6 is 11.6 Å². The molecule has 0 saturated carbocycles. The van der Waals surface area contributed by atoms with Crippen LogP contribution in [0.3, 0.4) is 0 Å². The number of halogens is 4. The van der Waals surface area contributed by atoms with Gasteiger partial charge in [0.05, 0.1) is 15.5 Å². The molecule has 0 spiro atoms. The molecule has 0 bridgehead atoms. The molecule has 7 nitrogen and oxygen atoms in total. The van der Waals surface area contributed by atoms with Crippen LogP contribution in [0.1, 0.15) is 50.0 Å². The lowest BCUT2D eigenvalue weighted by atomic mass is 9.95. The van der Waals surface area contributed by atoms with Gasteiger partial charge in [-0.15, -0.1) is 10.2 Å². The highest BCUT2D eigenvalue weighted by molar-refractivity contribution is 6.31. The topological polar surface area (TPSA) is 77.1 Å². The molecule has 2 heterocycles. The van der Waals surface area contributed by atoms with Crippen LogP contribution in [0.25, 0.3) is 0 Å². The van der Waals surface area contributed by atoms with Crippen molar-refractivity contribution in [2.75, 3.05) is 18.0 Å². The summed E-state index contributed by atoms with van der Waals surface area (Å²) in [5, 5.41) is 19.0. The Morgan fingerprint density at radius 1 is 1.29 bits per heavy atom. The van der Waals surface area contributed by atoms with E-state index in [1.54, 1.807) is 11.2 Å². The van der Waals surface area contributed by atoms with Crippen molar-refractivity contribution in [1.82, 2.24) is 14.8 Å². The average molecular weight is 418 g/mol. The molecular formula is C17H19ClF3N5O2. The third-order valence-electron chi connectivity index (χ3n) is 4.92. The first-order valence-corrected chi connectivity index (χ1v) is 9.17. The van der Waals surface area contributed by atoms with Crippen LogP contribution < -0.4 is 4.90 Å². The molecule has 0 unspecified atom stereocenters. The van der Waals surface area contributed by atoms with Gasteiger partial charge in [-0.25, -0.2) is 0 Å². The summed E-state index contributed by atoms with van der Waals surface area (Å²) in [6.45, 7) is 4.93. The van der Waals surface area contributed by atoms with Crippen LogP contribution in [-0.4, -0.2) is 32.8 Å². The largest absolute Gasteiger partial charge is 0.418 e. The number of alkyl halides is 3. The molecule has 1 aromatic carbocycles. The van der Waals surface area contributed by atoms with Crippen LogP contribution in [0.4, 0.5) is 24.5 Å². The number of benzene rings is 1. The van der Waals surface area contributed by atoms with Gasteiger partial charge in [-0.2, -0.15) is 13.2 Å². The van der Waals surface area contributed by atoms with Crippen molar-refractivity contribution < 1.29 is 18.1 Å². The number of nitrogens with zero attached hydrogens (tertiary/aromatic N) is 5. The second-order valence-corrected chi connectivity index (χ2v) is 7.43. The Kier molecular flexibility index (Phi) is 5.51. The van der Waals surface area contributed by atoms with E-state index < -0.39 is 27.4 Å². The lowest BCUT2D eigenvalue weighted by molar-refractivity contribution is -0.384. The molecule has 0 atom stereocenters. The SMILES string of the molecule is CC(C)n1cnnc1C1CCN(c2cc(Cl)c(C(F)(F)F)cc2[N+](=O)[O-])CC1. The Morgan fingerprint density at radius 2 is 1.93 bits per heavy atom. The quantitative estimate of drug-likeness (QED) is 0.526. The molecule has 11 heteroatoms. The second kappa shape index (κ2) is 7.57. The maximum absolute atomic E-state index is 13.0. The Morgan fingerprint density at radius 3 is 2.46 bits per heavy atom. The fourth-order valence-electron chi connectivity index (χ4n) is 3.49. The zero-order valence-corrected chi connectivity index (χ0v) is 16.0. The Balaban J connectivity index is 1.85. The Labute approximate surface area is 164 Å². The van der Waals surface area contributed by atoms with Crippen molar-refractivity contribution in [1.29, 1.82) is 0 Å². The summed E-state index contributed by atoms with van der Waals surface area (Å²) >= 11 is 5.78. The molecular weight excluding hydrogens is 399 g/mol. The van der Waals surface area contributed by atoms with Gasteiger partial charge in [0, 0.05) is 31.1 Å². The van der Waals surface area contributed by atoms with E-state index in [0.717, 1.165) is 11.9 Å². The van der Waals surface area contributed by atoms with Gasteiger partial charge in [0.1, 0.15) is 17.8 Å². The Bertz CT molecular complexity index is 876. The zero-order chi connectivity index (χ0) is 20.6. The number of nitro groups is 1. The van der Waals surface area contributed by atoms with E-state index in [9.17, 15) is 23.3 Å². The van der Waals surface area contributed by atoms with Crippen molar-refractivity contribution in [3.05, 3.63) is 45.0 Å². The predicted octanol–water partition coefficient (Wildman–Crippen LogP) is 4.82. The van der Waals surface area contributed by atoms with E-state index in [1.165, 1.54) is 0 Å². The minimum Gasteiger partial charge on any atom is -0.366 e. The molecule has 1 aromatic heterocycles. The molecule has 2 aromatic rings. The third kappa shape index (κ3) is 3.91. The summed E-state index contributed by atoms with van der Waals surface area (Å²) in [4.78, 5) is 12.3. The molecule has 152 valence electrons. The molecule has 1 aliphatic heterocycles. The number of hydrogen-bond donors (Lipinski definition) is 0. The summed E-state index contributed by atoms with van der Waals surface area (Å²) < 4.78 is 41.1. The molecule has 1 fully saturated rings. The maximum Gasteiger partial charge on any atom is 0.418 e. The molecule has 3 rings (SSSR count). The summed E-state index contributed by atoms with van der Waals surface area (Å²) in [5.41, 5.74) is -1.70. The van der Waals surface area contributed by atoms with Crippen LogP contribution in [0.2, 0.25) is 5.02 Å². The van der Waals surface area contributed by atoms with E-state index >= 15 is 0 Å². The number of nitro benzene ring substituents is 1. The number of aromatic nitrogens is 3. The van der Waals surface area contributed by atoms with Crippen molar-refractivity contribution in [2.45, 2.75) is 44.8 Å². The van der Waals surface area contributed by atoms with Gasteiger partial charge in [-0.1, -0.05) is 11.6 Å². The van der Waals surface area contributed by atoms with Gasteiger partial charge in [0.2, 0.25) is 0 Å². The van der Waals surface area contributed by atoms with Crippen LogP contribution in [-0.2, 0) is 6.18 Å². The fraction of sp³-hybridized carbons (Fsp3) is 0.529.